The van der Waals surface area contributed by atoms with Crippen LogP contribution in [0, 0.1) is 0 Å². The van der Waals surface area contributed by atoms with Crippen LogP contribution in [0.2, 0.25) is 0 Å². The van der Waals surface area contributed by atoms with Crippen molar-refractivity contribution in [3.63, 3.8) is 0 Å². The Labute approximate surface area is 157 Å². The lowest BCUT2D eigenvalue weighted by Gasteiger charge is -2.08. The molecule has 0 radical (unpaired) electrons. The molecule has 1 heterocycles. The lowest BCUT2D eigenvalue weighted by molar-refractivity contribution is 0.0409. The molecule has 0 unspecified atom stereocenters. The van der Waals surface area contributed by atoms with Gasteiger partial charge in [0.2, 0.25) is 5.76 Å². The van der Waals surface area contributed by atoms with Crippen molar-refractivity contribution in [1.29, 1.82) is 0 Å². The number of carbonyl (C=O) groups excluding carboxylic acids is 1. The van der Waals surface area contributed by atoms with Gasteiger partial charge in [-0.05, 0) is 37.3 Å². The molecular weight excluding hydrogens is 348 g/mol. The molecule has 0 atom stereocenters. The summed E-state index contributed by atoms with van der Waals surface area (Å²) >= 11 is 0. The zero-order valence-corrected chi connectivity index (χ0v) is 15.4. The second kappa shape index (κ2) is 9.09. The zero-order chi connectivity index (χ0) is 19.1. The van der Waals surface area contributed by atoms with Gasteiger partial charge >= 0.3 is 5.97 Å². The van der Waals surface area contributed by atoms with E-state index < -0.39 is 5.97 Å². The molecule has 6 heteroatoms. The van der Waals surface area contributed by atoms with Crippen LogP contribution in [0.25, 0.3) is 11.0 Å². The molecule has 0 aliphatic carbocycles. The summed E-state index contributed by atoms with van der Waals surface area (Å²) in [6.45, 7) is 3.08. The van der Waals surface area contributed by atoms with Crippen LogP contribution in [0.4, 0.5) is 0 Å². The third-order valence-electron chi connectivity index (χ3n) is 3.98. The van der Waals surface area contributed by atoms with E-state index in [0.29, 0.717) is 30.1 Å². The quantitative estimate of drug-likeness (QED) is 0.415. The molecule has 0 aliphatic heterocycles. The lowest BCUT2D eigenvalue weighted by Crippen LogP contribution is -2.13. The van der Waals surface area contributed by atoms with Crippen LogP contribution in [-0.2, 0) is 16.1 Å². The summed E-state index contributed by atoms with van der Waals surface area (Å²) in [7, 11) is 1.60. The predicted molar refractivity (Wildman–Crippen MR) is 100 cm³/mol. The molecule has 3 aromatic rings. The summed E-state index contributed by atoms with van der Waals surface area (Å²) in [5.74, 6) is 1.07. The zero-order valence-electron chi connectivity index (χ0n) is 15.4. The molecule has 3 rings (SSSR count). The lowest BCUT2D eigenvalue weighted by atomic mass is 10.1. The molecule has 0 amide bonds. The van der Waals surface area contributed by atoms with E-state index in [9.17, 15) is 4.79 Å². The topological polar surface area (TPSA) is 67.1 Å². The maximum absolute atomic E-state index is 12.4. The van der Waals surface area contributed by atoms with E-state index in [0.717, 1.165) is 11.1 Å². The number of esters is 1. The van der Waals surface area contributed by atoms with Gasteiger partial charge in [0.15, 0.2) is 0 Å². The van der Waals surface area contributed by atoms with Gasteiger partial charge < -0.3 is 23.4 Å². The molecular formula is C21H22O6. The average molecular weight is 370 g/mol. The van der Waals surface area contributed by atoms with Gasteiger partial charge in [0.1, 0.15) is 30.3 Å². The van der Waals surface area contributed by atoms with E-state index in [-0.39, 0.29) is 19.0 Å². The molecule has 0 bridgehead atoms. The molecule has 27 heavy (non-hydrogen) atoms. The Morgan fingerprint density at radius 1 is 1.00 bits per heavy atom. The number of benzene rings is 2. The summed E-state index contributed by atoms with van der Waals surface area (Å²) in [6, 6.07) is 14.6. The van der Waals surface area contributed by atoms with E-state index in [1.807, 2.05) is 31.2 Å². The number of para-hydroxylation sites is 1. The van der Waals surface area contributed by atoms with Gasteiger partial charge in [-0.2, -0.15) is 0 Å². The molecule has 0 N–H and O–H groups in total. The van der Waals surface area contributed by atoms with E-state index in [2.05, 4.69) is 0 Å². The number of rotatable bonds is 9. The Morgan fingerprint density at radius 2 is 1.74 bits per heavy atom. The van der Waals surface area contributed by atoms with Crippen molar-refractivity contribution in [3.05, 3.63) is 59.9 Å². The van der Waals surface area contributed by atoms with Crippen LogP contribution in [0.15, 0.2) is 52.9 Å². The second-order valence-electron chi connectivity index (χ2n) is 5.70. The number of fused-ring (bicyclic) bond motifs is 1. The maximum Gasteiger partial charge on any atom is 0.374 e. The van der Waals surface area contributed by atoms with Crippen LogP contribution in [0.1, 0.15) is 23.0 Å². The largest absolute Gasteiger partial charge is 0.497 e. The Morgan fingerprint density at radius 3 is 2.48 bits per heavy atom. The first kappa shape index (κ1) is 18.8. The average Bonchev–Trinajstić information content (AvgIpc) is 3.08. The first-order chi connectivity index (χ1) is 13.2. The Hall–Kier alpha value is -2.99. The molecule has 0 fully saturated rings. The molecule has 1 aromatic heterocycles. The first-order valence-corrected chi connectivity index (χ1v) is 8.75. The third kappa shape index (κ3) is 4.60. The molecule has 6 nitrogen and oxygen atoms in total. The van der Waals surface area contributed by atoms with E-state index >= 15 is 0 Å². The van der Waals surface area contributed by atoms with Crippen LogP contribution < -0.4 is 9.47 Å². The fourth-order valence-corrected chi connectivity index (χ4v) is 2.64. The molecule has 142 valence electrons. The van der Waals surface area contributed by atoms with Gasteiger partial charge in [-0.25, -0.2) is 4.79 Å². The summed E-state index contributed by atoms with van der Waals surface area (Å²) in [4.78, 5) is 12.4. The van der Waals surface area contributed by atoms with Crippen LogP contribution in [-0.4, -0.2) is 32.9 Å². The van der Waals surface area contributed by atoms with Crippen molar-refractivity contribution in [1.82, 2.24) is 0 Å². The molecule has 2 aromatic carbocycles. The van der Waals surface area contributed by atoms with Crippen molar-refractivity contribution in [2.45, 2.75) is 13.5 Å². The van der Waals surface area contributed by atoms with E-state index in [1.54, 1.807) is 31.4 Å². The van der Waals surface area contributed by atoms with Gasteiger partial charge in [0, 0.05) is 17.6 Å². The number of furan rings is 1. The SMILES string of the molecule is CCOCc1c(C(=O)OCCOc2ccc(OC)cc2)oc2ccccc12. The fraction of sp³-hybridized carbons (Fsp3) is 0.286. The smallest absolute Gasteiger partial charge is 0.374 e. The summed E-state index contributed by atoms with van der Waals surface area (Å²) < 4.78 is 27.1. The van der Waals surface area contributed by atoms with Gasteiger partial charge in [-0.15, -0.1) is 0 Å². The highest BCUT2D eigenvalue weighted by molar-refractivity contribution is 5.96. The molecule has 0 aliphatic rings. The molecule has 0 spiro atoms. The van der Waals surface area contributed by atoms with Crippen molar-refractivity contribution in [3.8, 4) is 11.5 Å². The number of carbonyl (C=O) groups is 1. The Kier molecular flexibility index (Phi) is 6.33. The van der Waals surface area contributed by atoms with Crippen molar-refractivity contribution in [2.24, 2.45) is 0 Å². The normalized spacial score (nSPS) is 10.7. The van der Waals surface area contributed by atoms with E-state index in [1.165, 1.54) is 0 Å². The number of methoxy groups -OCH3 is 1. The predicted octanol–water partition coefficient (Wildman–Crippen LogP) is 4.21. The van der Waals surface area contributed by atoms with Crippen LogP contribution in [0.5, 0.6) is 11.5 Å². The minimum atomic E-state index is -0.528. The molecule has 0 saturated carbocycles. The van der Waals surface area contributed by atoms with Gasteiger partial charge in [-0.1, -0.05) is 18.2 Å². The second-order valence-corrected chi connectivity index (χ2v) is 5.70. The summed E-state index contributed by atoms with van der Waals surface area (Å²) in [5.41, 5.74) is 1.34. The third-order valence-corrected chi connectivity index (χ3v) is 3.98. The van der Waals surface area contributed by atoms with Crippen LogP contribution >= 0.6 is 0 Å². The van der Waals surface area contributed by atoms with Crippen molar-refractivity contribution in [2.75, 3.05) is 26.9 Å². The van der Waals surface area contributed by atoms with Crippen molar-refractivity contribution >= 4 is 16.9 Å². The highest BCUT2D eigenvalue weighted by atomic mass is 16.6. The maximum atomic E-state index is 12.4. The fourth-order valence-electron chi connectivity index (χ4n) is 2.64. The number of ether oxygens (including phenoxy) is 4. The van der Waals surface area contributed by atoms with Gasteiger partial charge in [0.05, 0.1) is 13.7 Å². The monoisotopic (exact) mass is 370 g/mol. The Bertz CT molecular complexity index is 881. The summed E-state index contributed by atoms with van der Waals surface area (Å²) in [5, 5.41) is 0.854. The van der Waals surface area contributed by atoms with Crippen LogP contribution in [0.3, 0.4) is 0 Å². The van der Waals surface area contributed by atoms with Gasteiger partial charge in [0.25, 0.3) is 0 Å². The van der Waals surface area contributed by atoms with E-state index in [4.69, 9.17) is 23.4 Å². The summed E-state index contributed by atoms with van der Waals surface area (Å²) in [6.07, 6.45) is 0. The van der Waals surface area contributed by atoms with Gasteiger partial charge in [-0.3, -0.25) is 0 Å². The minimum Gasteiger partial charge on any atom is -0.497 e. The number of hydrogen-bond donors (Lipinski definition) is 0. The molecule has 0 saturated heterocycles. The first-order valence-electron chi connectivity index (χ1n) is 8.75. The highest BCUT2D eigenvalue weighted by Crippen LogP contribution is 2.27. The minimum absolute atomic E-state index is 0.107. The van der Waals surface area contributed by atoms with Crippen molar-refractivity contribution < 1.29 is 28.2 Å². The highest BCUT2D eigenvalue weighted by Gasteiger charge is 2.21. The Balaban J connectivity index is 1.60. The standard InChI is InChI=1S/C21H22O6/c1-3-24-14-18-17-6-4-5-7-19(17)27-20(18)21(22)26-13-12-25-16-10-8-15(23-2)9-11-16/h4-11H,3,12-14H2,1-2H3. The number of hydrogen-bond acceptors (Lipinski definition) is 6.